The quantitative estimate of drug-likeness (QED) is 0.554. The Labute approximate surface area is 81.4 Å². The third-order valence-corrected chi connectivity index (χ3v) is 3.29. The molecular weight excluding hydrogens is 227 g/mol. The molecule has 0 aliphatic rings. The van der Waals surface area contributed by atoms with Gasteiger partial charge in [0.15, 0.2) is 0 Å². The van der Waals surface area contributed by atoms with Crippen molar-refractivity contribution in [3.05, 3.63) is 36.4 Å². The molecule has 0 saturated carbocycles. The van der Waals surface area contributed by atoms with Crippen LogP contribution < -0.4 is 0 Å². The first-order valence-corrected chi connectivity index (χ1v) is 5.58. The summed E-state index contributed by atoms with van der Waals surface area (Å²) in [4.78, 5) is 0. The molecule has 62 valence electrons. The Balaban J connectivity index is 2.57. The molecule has 0 aliphatic heterocycles. The van der Waals surface area contributed by atoms with Crippen LogP contribution in [0.4, 0.5) is 0 Å². The van der Waals surface area contributed by atoms with Gasteiger partial charge in [-0.05, 0) is 0 Å². The minimum absolute atomic E-state index is 0.0830. The van der Waals surface area contributed by atoms with Gasteiger partial charge in [-0.2, -0.15) is 0 Å². The van der Waals surface area contributed by atoms with E-state index >= 15 is 0 Å². The molecule has 2 nitrogen and oxygen atoms in total. The van der Waals surface area contributed by atoms with E-state index in [4.69, 9.17) is 0 Å². The normalized spacial score (nSPS) is 11.1. The van der Waals surface area contributed by atoms with Crippen molar-refractivity contribution in [3.8, 4) is 0 Å². The van der Waals surface area contributed by atoms with Crippen LogP contribution in [0.3, 0.4) is 0 Å². The molecule has 0 saturated heterocycles. The summed E-state index contributed by atoms with van der Waals surface area (Å²) in [6.07, 6.45) is 0. The van der Waals surface area contributed by atoms with Crippen LogP contribution in [0.5, 0.6) is 0 Å². The Kier molecular flexibility index (Phi) is 1.48. The molecule has 0 bridgehead atoms. The van der Waals surface area contributed by atoms with E-state index in [9.17, 15) is 0 Å². The predicted octanol–water partition coefficient (Wildman–Crippen LogP) is 1.84. The Bertz CT molecular complexity index is 521. The van der Waals surface area contributed by atoms with Gasteiger partial charge in [0.2, 0.25) is 0 Å². The molecule has 0 amide bonds. The third-order valence-electron chi connectivity index (χ3n) is 2.12. The summed E-state index contributed by atoms with van der Waals surface area (Å²) in [7, 11) is 0. The van der Waals surface area contributed by atoms with Crippen molar-refractivity contribution in [2.45, 2.75) is 0 Å². The van der Waals surface area contributed by atoms with Crippen molar-refractivity contribution < 1.29 is 0 Å². The van der Waals surface area contributed by atoms with Crippen LogP contribution in [0.1, 0.15) is 0 Å². The van der Waals surface area contributed by atoms with Gasteiger partial charge in [0.1, 0.15) is 0 Å². The summed E-state index contributed by atoms with van der Waals surface area (Å²) in [6.45, 7) is 0. The number of aromatic nitrogens is 2. The van der Waals surface area contributed by atoms with Gasteiger partial charge < -0.3 is 0 Å². The van der Waals surface area contributed by atoms with E-state index in [2.05, 4.69) is 32.2 Å². The van der Waals surface area contributed by atoms with Crippen LogP contribution in [-0.4, -0.2) is 22.9 Å². The SMILES string of the molecule is c1ccc2cc3n[se]nc3cc2c1. The summed E-state index contributed by atoms with van der Waals surface area (Å²) in [6, 6.07) is 12.5. The molecule has 0 spiro atoms. The number of hydrogen-bond donors (Lipinski definition) is 0. The van der Waals surface area contributed by atoms with Gasteiger partial charge in [0, 0.05) is 0 Å². The van der Waals surface area contributed by atoms with Crippen molar-refractivity contribution in [1.82, 2.24) is 7.96 Å². The zero-order chi connectivity index (χ0) is 8.67. The Morgan fingerprint density at radius 1 is 0.846 bits per heavy atom. The molecule has 13 heavy (non-hydrogen) atoms. The number of nitrogens with zero attached hydrogens (tertiary/aromatic N) is 2. The van der Waals surface area contributed by atoms with E-state index in [0.717, 1.165) is 11.0 Å². The van der Waals surface area contributed by atoms with Crippen molar-refractivity contribution in [2.24, 2.45) is 0 Å². The molecule has 0 N–H and O–H groups in total. The third kappa shape index (κ3) is 1.09. The van der Waals surface area contributed by atoms with E-state index in [1.165, 1.54) is 10.8 Å². The number of rotatable bonds is 0. The summed E-state index contributed by atoms with van der Waals surface area (Å²) in [5.74, 6) is 0. The molecule has 3 aromatic rings. The average Bonchev–Trinajstić information content (AvgIpc) is 2.61. The zero-order valence-corrected chi connectivity index (χ0v) is 8.48. The fourth-order valence-corrected chi connectivity index (χ4v) is 2.54. The molecule has 1 aromatic heterocycles. The number of fused-ring (bicyclic) bond motifs is 2. The number of benzene rings is 2. The van der Waals surface area contributed by atoms with E-state index in [-0.39, 0.29) is 15.0 Å². The molecule has 0 fully saturated rings. The predicted molar refractivity (Wildman–Crippen MR) is 54.0 cm³/mol. The molecule has 0 atom stereocenters. The van der Waals surface area contributed by atoms with Gasteiger partial charge in [-0.25, -0.2) is 0 Å². The van der Waals surface area contributed by atoms with E-state index in [0.29, 0.717) is 0 Å². The first-order chi connectivity index (χ1) is 6.43. The van der Waals surface area contributed by atoms with Crippen LogP contribution in [0, 0.1) is 0 Å². The van der Waals surface area contributed by atoms with Gasteiger partial charge in [-0.3, -0.25) is 0 Å². The monoisotopic (exact) mass is 234 g/mol. The first-order valence-electron chi connectivity index (χ1n) is 4.04. The molecular formula is C10H6N2Se. The van der Waals surface area contributed by atoms with Crippen LogP contribution in [-0.2, 0) is 0 Å². The van der Waals surface area contributed by atoms with E-state index in [1.807, 2.05) is 12.1 Å². The van der Waals surface area contributed by atoms with Crippen molar-refractivity contribution in [1.29, 1.82) is 0 Å². The molecule has 0 aliphatic carbocycles. The van der Waals surface area contributed by atoms with Crippen molar-refractivity contribution >= 4 is 36.8 Å². The molecule has 0 unspecified atom stereocenters. The first kappa shape index (κ1) is 7.24. The van der Waals surface area contributed by atoms with Gasteiger partial charge >= 0.3 is 81.1 Å². The van der Waals surface area contributed by atoms with Crippen LogP contribution >= 0.6 is 0 Å². The topological polar surface area (TPSA) is 25.8 Å². The fourth-order valence-electron chi connectivity index (χ4n) is 1.47. The van der Waals surface area contributed by atoms with Crippen molar-refractivity contribution in [3.63, 3.8) is 0 Å². The van der Waals surface area contributed by atoms with Gasteiger partial charge in [0.05, 0.1) is 0 Å². The zero-order valence-electron chi connectivity index (χ0n) is 6.77. The maximum absolute atomic E-state index is 4.35. The van der Waals surface area contributed by atoms with Crippen LogP contribution in [0.2, 0.25) is 0 Å². The van der Waals surface area contributed by atoms with Gasteiger partial charge in [-0.1, -0.05) is 0 Å². The van der Waals surface area contributed by atoms with Crippen molar-refractivity contribution in [2.75, 3.05) is 0 Å². The summed E-state index contributed by atoms with van der Waals surface area (Å²) in [5.41, 5.74) is 2.11. The van der Waals surface area contributed by atoms with E-state index < -0.39 is 0 Å². The molecule has 3 heteroatoms. The second-order valence-electron chi connectivity index (χ2n) is 2.95. The second kappa shape index (κ2) is 2.66. The summed E-state index contributed by atoms with van der Waals surface area (Å²) in [5, 5.41) is 2.50. The summed E-state index contributed by atoms with van der Waals surface area (Å²) < 4.78 is 8.69. The average molecular weight is 233 g/mol. The maximum atomic E-state index is 4.35. The van der Waals surface area contributed by atoms with Crippen LogP contribution in [0.15, 0.2) is 36.4 Å². The van der Waals surface area contributed by atoms with Gasteiger partial charge in [0.25, 0.3) is 0 Å². The van der Waals surface area contributed by atoms with E-state index in [1.54, 1.807) is 0 Å². The van der Waals surface area contributed by atoms with Gasteiger partial charge in [-0.15, -0.1) is 0 Å². The Morgan fingerprint density at radius 2 is 1.38 bits per heavy atom. The minimum atomic E-state index is 0.0830. The molecule has 1 heterocycles. The Hall–Kier alpha value is -1.18. The fraction of sp³-hybridized carbons (Fsp3) is 0. The number of hydrogen-bond acceptors (Lipinski definition) is 2. The second-order valence-corrected chi connectivity index (χ2v) is 4.06. The standard InChI is InChI=1S/C10H6N2Se/c1-2-4-8-6-10-9(11-13-12-10)5-7(8)3-1/h1-6H. The van der Waals surface area contributed by atoms with Crippen LogP contribution in [0.25, 0.3) is 21.8 Å². The molecule has 2 aromatic carbocycles. The summed E-state index contributed by atoms with van der Waals surface area (Å²) >= 11 is 0.0830. The Morgan fingerprint density at radius 3 is 1.92 bits per heavy atom. The molecule has 0 radical (unpaired) electrons. The molecule has 3 rings (SSSR count).